The van der Waals surface area contributed by atoms with Gasteiger partial charge in [-0.3, -0.25) is 4.79 Å². The van der Waals surface area contributed by atoms with E-state index < -0.39 is 0 Å². The molecule has 1 aliphatic rings. The topological polar surface area (TPSA) is 60.0 Å². The lowest BCUT2D eigenvalue weighted by Crippen LogP contribution is -2.45. The molecule has 0 unspecified atom stereocenters. The van der Waals surface area contributed by atoms with Gasteiger partial charge in [-0.15, -0.1) is 4.68 Å². The molecule has 1 N–H and O–H groups in total. The number of Topliss-reactive ketones (excluding diaryl/α,β-unsaturated/α-hetero) is 1. The van der Waals surface area contributed by atoms with E-state index in [2.05, 4.69) is 30.5 Å². The molecule has 1 aromatic heterocycles. The van der Waals surface area contributed by atoms with Gasteiger partial charge in [0.15, 0.2) is 5.78 Å². The Hall–Kier alpha value is -2.67. The summed E-state index contributed by atoms with van der Waals surface area (Å²) in [6.07, 6.45) is 4.39. The molecule has 0 spiro atoms. The minimum absolute atomic E-state index is 0.0765. The minimum Gasteiger partial charge on any atom is -0.497 e. The van der Waals surface area contributed by atoms with Gasteiger partial charge in [0.25, 0.3) is 5.82 Å². The number of aryl methyl sites for hydroxylation is 1. The monoisotopic (exact) mass is 469 g/mol. The molecule has 0 fully saturated rings. The number of halogens is 1. The largest absolute Gasteiger partial charge is 0.497 e. The zero-order valence-electron chi connectivity index (χ0n) is 17.1. The van der Waals surface area contributed by atoms with Crippen LogP contribution in [0.15, 0.2) is 53.0 Å². The molecular formula is C23H26BrN4O2+. The molecule has 1 aliphatic heterocycles. The van der Waals surface area contributed by atoms with Gasteiger partial charge in [0.05, 0.1) is 7.11 Å². The lowest BCUT2D eigenvalue weighted by atomic mass is 10.1. The lowest BCUT2D eigenvalue weighted by Gasteiger charge is -2.07. The van der Waals surface area contributed by atoms with Gasteiger partial charge in [-0.05, 0) is 67.8 Å². The highest BCUT2D eigenvalue weighted by atomic mass is 79.9. The predicted molar refractivity (Wildman–Crippen MR) is 119 cm³/mol. The van der Waals surface area contributed by atoms with Crippen LogP contribution in [0.25, 0.3) is 0 Å². The molecule has 0 saturated carbocycles. The molecule has 6 nitrogen and oxygen atoms in total. The van der Waals surface area contributed by atoms with Crippen LogP contribution in [0, 0.1) is 0 Å². The maximum atomic E-state index is 13.0. The van der Waals surface area contributed by atoms with Crippen LogP contribution in [-0.4, -0.2) is 22.7 Å². The van der Waals surface area contributed by atoms with Gasteiger partial charge in [-0.2, -0.15) is 0 Å². The number of carbonyl (C=O) groups excluding carboxylic acids is 1. The van der Waals surface area contributed by atoms with Gasteiger partial charge >= 0.3 is 0 Å². The number of nitrogens with one attached hydrogen (secondary N) is 1. The molecule has 2 heterocycles. The fraction of sp³-hybridized carbons (Fsp3) is 0.348. The number of methoxy groups -OCH3 is 1. The van der Waals surface area contributed by atoms with Crippen LogP contribution < -0.4 is 14.6 Å². The lowest BCUT2D eigenvalue weighted by molar-refractivity contribution is -0.698. The molecule has 4 rings (SSSR count). The molecule has 30 heavy (non-hydrogen) atoms. The first-order valence-electron chi connectivity index (χ1n) is 10.3. The number of fused-ring (bicyclic) bond motifs is 1. The Morgan fingerprint density at radius 1 is 1.13 bits per heavy atom. The number of aromatic nitrogens is 3. The summed E-state index contributed by atoms with van der Waals surface area (Å²) in [5.74, 6) is 2.85. The average molecular weight is 470 g/mol. The van der Waals surface area contributed by atoms with E-state index in [4.69, 9.17) is 9.84 Å². The van der Waals surface area contributed by atoms with Crippen molar-refractivity contribution in [1.29, 1.82) is 0 Å². The molecule has 0 amide bonds. The SMILES string of the molecule is COc1ccc(C(=O)C[n+]2c(CNc3ccc(Br)cc3)nn3c2CCCCC3)cc1. The normalized spacial score (nSPS) is 13.4. The molecule has 0 radical (unpaired) electrons. The van der Waals surface area contributed by atoms with Gasteiger partial charge in [0, 0.05) is 27.2 Å². The Kier molecular flexibility index (Phi) is 6.47. The first-order chi connectivity index (χ1) is 14.6. The maximum Gasteiger partial charge on any atom is 0.297 e. The molecule has 7 heteroatoms. The first-order valence-corrected chi connectivity index (χ1v) is 11.1. The minimum atomic E-state index is 0.0765. The van der Waals surface area contributed by atoms with Crippen molar-refractivity contribution in [2.45, 2.75) is 45.3 Å². The molecule has 0 aliphatic carbocycles. The summed E-state index contributed by atoms with van der Waals surface area (Å²) in [5, 5.41) is 8.29. The Balaban J connectivity index is 1.58. The van der Waals surface area contributed by atoms with E-state index in [-0.39, 0.29) is 5.78 Å². The summed E-state index contributed by atoms with van der Waals surface area (Å²) in [6.45, 7) is 1.76. The number of hydrogen-bond acceptors (Lipinski definition) is 4. The Morgan fingerprint density at radius 3 is 2.63 bits per heavy atom. The smallest absolute Gasteiger partial charge is 0.297 e. The maximum absolute atomic E-state index is 13.0. The third kappa shape index (κ3) is 4.73. The van der Waals surface area contributed by atoms with Crippen molar-refractivity contribution < 1.29 is 14.1 Å². The highest BCUT2D eigenvalue weighted by Gasteiger charge is 2.28. The van der Waals surface area contributed by atoms with E-state index >= 15 is 0 Å². The van der Waals surface area contributed by atoms with Gasteiger partial charge in [0.2, 0.25) is 5.82 Å². The molecular weight excluding hydrogens is 444 g/mol. The second-order valence-electron chi connectivity index (χ2n) is 7.46. The quantitative estimate of drug-likeness (QED) is 0.416. The highest BCUT2D eigenvalue weighted by Crippen LogP contribution is 2.16. The van der Waals surface area contributed by atoms with E-state index in [9.17, 15) is 4.79 Å². The molecule has 2 aromatic carbocycles. The van der Waals surface area contributed by atoms with Crippen LogP contribution in [0.3, 0.4) is 0 Å². The molecule has 156 valence electrons. The number of hydrogen-bond donors (Lipinski definition) is 1. The van der Waals surface area contributed by atoms with Crippen molar-refractivity contribution in [1.82, 2.24) is 9.78 Å². The molecule has 3 aromatic rings. The number of benzene rings is 2. The summed E-state index contributed by atoms with van der Waals surface area (Å²) < 4.78 is 10.4. The van der Waals surface area contributed by atoms with E-state index in [1.54, 1.807) is 7.11 Å². The summed E-state index contributed by atoms with van der Waals surface area (Å²) >= 11 is 3.46. The van der Waals surface area contributed by atoms with Gasteiger partial charge in [-0.1, -0.05) is 15.9 Å². The van der Waals surface area contributed by atoms with Gasteiger partial charge in [-0.25, -0.2) is 4.57 Å². The van der Waals surface area contributed by atoms with Crippen LogP contribution in [0.1, 0.15) is 41.3 Å². The number of ether oxygens (including phenoxy) is 1. The second kappa shape index (κ2) is 9.43. The van der Waals surface area contributed by atoms with Crippen LogP contribution >= 0.6 is 15.9 Å². The van der Waals surface area contributed by atoms with Crippen LogP contribution in [0.2, 0.25) is 0 Å². The predicted octanol–water partition coefficient (Wildman–Crippen LogP) is 4.16. The van der Waals surface area contributed by atoms with Crippen molar-refractivity contribution in [3.63, 3.8) is 0 Å². The Morgan fingerprint density at radius 2 is 1.90 bits per heavy atom. The average Bonchev–Trinajstić information content (AvgIpc) is 2.93. The number of carbonyl (C=O) groups is 1. The van der Waals surface area contributed by atoms with Gasteiger partial charge in [0.1, 0.15) is 25.4 Å². The number of anilines is 1. The third-order valence-electron chi connectivity index (χ3n) is 5.44. The molecule has 0 atom stereocenters. The summed E-state index contributed by atoms with van der Waals surface area (Å²) in [7, 11) is 1.62. The number of ketones is 1. The highest BCUT2D eigenvalue weighted by molar-refractivity contribution is 9.10. The van der Waals surface area contributed by atoms with E-state index in [1.165, 1.54) is 6.42 Å². The zero-order chi connectivity index (χ0) is 20.9. The summed E-state index contributed by atoms with van der Waals surface area (Å²) in [6, 6.07) is 15.4. The fourth-order valence-corrected chi connectivity index (χ4v) is 4.04. The van der Waals surface area contributed by atoms with E-state index in [1.807, 2.05) is 48.5 Å². The third-order valence-corrected chi connectivity index (χ3v) is 5.96. The number of rotatable bonds is 7. The van der Waals surface area contributed by atoms with Crippen molar-refractivity contribution in [3.05, 3.63) is 70.2 Å². The standard InChI is InChI=1S/C23H26BrN4O2/c1-30-20-12-6-17(7-13-20)21(29)16-27-22(15-25-19-10-8-18(24)9-11-19)26-28-14-4-2-3-5-23(27)28/h6-13,25H,2-5,14-16H2,1H3/q+1. The Bertz CT molecular complexity index is 1010. The first kappa shape index (κ1) is 20.6. The van der Waals surface area contributed by atoms with Gasteiger partial charge < -0.3 is 10.1 Å². The summed E-state index contributed by atoms with van der Waals surface area (Å²) in [5.41, 5.74) is 1.71. The van der Waals surface area contributed by atoms with Crippen molar-refractivity contribution in [2.24, 2.45) is 0 Å². The zero-order valence-corrected chi connectivity index (χ0v) is 18.7. The van der Waals surface area contributed by atoms with Crippen LogP contribution in [0.4, 0.5) is 5.69 Å². The number of nitrogens with zero attached hydrogens (tertiary/aromatic N) is 3. The van der Waals surface area contributed by atoms with E-state index in [0.29, 0.717) is 18.7 Å². The van der Waals surface area contributed by atoms with Crippen LogP contribution in [-0.2, 0) is 26.1 Å². The molecule has 0 saturated heterocycles. The van der Waals surface area contributed by atoms with Crippen molar-refractivity contribution in [3.8, 4) is 5.75 Å². The van der Waals surface area contributed by atoms with Crippen LogP contribution in [0.5, 0.6) is 5.75 Å². The fourth-order valence-electron chi connectivity index (χ4n) is 3.78. The van der Waals surface area contributed by atoms with Crippen molar-refractivity contribution >= 4 is 27.4 Å². The summed E-state index contributed by atoms with van der Waals surface area (Å²) in [4.78, 5) is 13.0. The molecule has 0 bridgehead atoms. The Labute approximate surface area is 185 Å². The van der Waals surface area contributed by atoms with Crippen molar-refractivity contribution in [2.75, 3.05) is 12.4 Å². The second-order valence-corrected chi connectivity index (χ2v) is 8.38. The van der Waals surface area contributed by atoms with E-state index in [0.717, 1.165) is 53.4 Å².